The topological polar surface area (TPSA) is 61.6 Å². The van der Waals surface area contributed by atoms with Crippen LogP contribution >= 0.6 is 0 Å². The van der Waals surface area contributed by atoms with Gasteiger partial charge in [0.1, 0.15) is 0 Å². The monoisotopic (exact) mass is 344 g/mol. The number of carbonyl (C=O) groups excluding carboxylic acids is 1. The molecule has 0 spiro atoms. The first-order valence-electron chi connectivity index (χ1n) is 9.71. The van der Waals surface area contributed by atoms with Gasteiger partial charge in [0.2, 0.25) is 5.91 Å². The summed E-state index contributed by atoms with van der Waals surface area (Å²) in [6.07, 6.45) is 3.97. The molecule has 0 radical (unpaired) electrons. The predicted octanol–water partition coefficient (Wildman–Crippen LogP) is 1.83. The van der Waals surface area contributed by atoms with Gasteiger partial charge in [-0.3, -0.25) is 9.69 Å². The maximum Gasteiger partial charge on any atom is 0.223 e. The number of hydrogen-bond acceptors (Lipinski definition) is 4. The van der Waals surface area contributed by atoms with Crippen molar-refractivity contribution >= 4 is 11.6 Å². The normalized spacial score (nSPS) is 26.2. The Labute approximate surface area is 151 Å². The van der Waals surface area contributed by atoms with Gasteiger partial charge in [-0.05, 0) is 38.3 Å². The van der Waals surface area contributed by atoms with E-state index in [1.165, 1.54) is 5.69 Å². The van der Waals surface area contributed by atoms with Crippen LogP contribution in [-0.2, 0) is 4.79 Å². The van der Waals surface area contributed by atoms with Crippen molar-refractivity contribution in [3.63, 3.8) is 0 Å². The number of piperazine rings is 1. The number of carbonyl (C=O) groups is 1. The van der Waals surface area contributed by atoms with Crippen molar-refractivity contribution in [3.05, 3.63) is 30.3 Å². The van der Waals surface area contributed by atoms with Crippen LogP contribution in [0.15, 0.2) is 30.3 Å². The first-order chi connectivity index (χ1) is 12.1. The Morgan fingerprint density at radius 1 is 1.20 bits per heavy atom. The molecule has 1 aliphatic carbocycles. The maximum atomic E-state index is 12.4. The Morgan fingerprint density at radius 3 is 2.60 bits per heavy atom. The Balaban J connectivity index is 1.40. The van der Waals surface area contributed by atoms with Crippen molar-refractivity contribution in [1.29, 1.82) is 0 Å². The molecular formula is C20H32N4O. The third-order valence-corrected chi connectivity index (χ3v) is 5.72. The standard InChI is InChI=1S/C20H32N4O/c1-16(15-22-20(25)17-6-5-7-18(21)14-17)23-10-12-24(13-11-23)19-8-3-2-4-9-19/h2-4,8-9,16-18H,5-7,10-15,21H2,1H3,(H,22,25). The summed E-state index contributed by atoms with van der Waals surface area (Å²) in [6.45, 7) is 7.11. The van der Waals surface area contributed by atoms with Crippen molar-refractivity contribution in [3.8, 4) is 0 Å². The molecule has 3 atom stereocenters. The summed E-state index contributed by atoms with van der Waals surface area (Å²) in [6, 6.07) is 11.2. The molecule has 1 saturated heterocycles. The van der Waals surface area contributed by atoms with Gasteiger partial charge in [0.25, 0.3) is 0 Å². The van der Waals surface area contributed by atoms with E-state index in [9.17, 15) is 4.79 Å². The molecule has 1 aromatic rings. The number of nitrogens with two attached hydrogens (primary N) is 1. The second-order valence-corrected chi connectivity index (χ2v) is 7.58. The number of para-hydroxylation sites is 1. The maximum absolute atomic E-state index is 12.4. The molecule has 5 nitrogen and oxygen atoms in total. The molecule has 25 heavy (non-hydrogen) atoms. The smallest absolute Gasteiger partial charge is 0.223 e. The lowest BCUT2D eigenvalue weighted by atomic mass is 9.85. The first-order valence-corrected chi connectivity index (χ1v) is 9.71. The molecule has 1 aromatic carbocycles. The molecule has 0 aromatic heterocycles. The molecule has 1 saturated carbocycles. The highest BCUT2D eigenvalue weighted by Crippen LogP contribution is 2.23. The van der Waals surface area contributed by atoms with E-state index in [1.807, 2.05) is 0 Å². The molecule has 1 aliphatic heterocycles. The molecule has 0 bridgehead atoms. The number of amides is 1. The third kappa shape index (κ3) is 4.95. The fourth-order valence-corrected chi connectivity index (χ4v) is 4.05. The number of anilines is 1. The van der Waals surface area contributed by atoms with E-state index in [1.54, 1.807) is 0 Å². The number of nitrogens with zero attached hydrogens (tertiary/aromatic N) is 2. The summed E-state index contributed by atoms with van der Waals surface area (Å²) < 4.78 is 0. The minimum atomic E-state index is 0.117. The van der Waals surface area contributed by atoms with Crippen LogP contribution in [-0.4, -0.2) is 55.6 Å². The Kier molecular flexibility index (Phi) is 6.32. The molecule has 5 heteroatoms. The van der Waals surface area contributed by atoms with E-state index in [2.05, 4.69) is 52.4 Å². The Bertz CT molecular complexity index is 542. The van der Waals surface area contributed by atoms with Gasteiger partial charge < -0.3 is 16.0 Å². The summed E-state index contributed by atoms with van der Waals surface area (Å²) in [5.41, 5.74) is 7.31. The lowest BCUT2D eigenvalue weighted by Crippen LogP contribution is -2.53. The summed E-state index contributed by atoms with van der Waals surface area (Å²) in [5.74, 6) is 0.316. The van der Waals surface area contributed by atoms with Gasteiger partial charge in [-0.2, -0.15) is 0 Å². The number of hydrogen-bond donors (Lipinski definition) is 2. The van der Waals surface area contributed by atoms with E-state index < -0.39 is 0 Å². The van der Waals surface area contributed by atoms with Gasteiger partial charge in [0.05, 0.1) is 0 Å². The lowest BCUT2D eigenvalue weighted by molar-refractivity contribution is -0.126. The number of nitrogens with one attached hydrogen (secondary N) is 1. The predicted molar refractivity (Wildman–Crippen MR) is 103 cm³/mol. The first kappa shape index (κ1) is 18.2. The van der Waals surface area contributed by atoms with Crippen molar-refractivity contribution in [1.82, 2.24) is 10.2 Å². The average molecular weight is 345 g/mol. The highest BCUT2D eigenvalue weighted by molar-refractivity contribution is 5.78. The average Bonchev–Trinajstić information content (AvgIpc) is 2.66. The van der Waals surface area contributed by atoms with E-state index in [-0.39, 0.29) is 17.9 Å². The van der Waals surface area contributed by atoms with Crippen LogP contribution in [0.25, 0.3) is 0 Å². The van der Waals surface area contributed by atoms with E-state index in [4.69, 9.17) is 5.73 Å². The molecule has 3 rings (SSSR count). The van der Waals surface area contributed by atoms with Gasteiger partial charge >= 0.3 is 0 Å². The summed E-state index contributed by atoms with van der Waals surface area (Å²) in [4.78, 5) is 17.3. The van der Waals surface area contributed by atoms with Crippen LogP contribution in [0.3, 0.4) is 0 Å². The van der Waals surface area contributed by atoms with Crippen molar-refractivity contribution in [2.75, 3.05) is 37.6 Å². The van der Waals surface area contributed by atoms with Crippen molar-refractivity contribution in [2.24, 2.45) is 11.7 Å². The van der Waals surface area contributed by atoms with Crippen LogP contribution in [0.4, 0.5) is 5.69 Å². The molecule has 1 heterocycles. The molecule has 3 unspecified atom stereocenters. The van der Waals surface area contributed by atoms with E-state index in [0.29, 0.717) is 6.04 Å². The minimum Gasteiger partial charge on any atom is -0.369 e. The van der Waals surface area contributed by atoms with Crippen molar-refractivity contribution in [2.45, 2.75) is 44.7 Å². The van der Waals surface area contributed by atoms with Crippen LogP contribution in [0.5, 0.6) is 0 Å². The van der Waals surface area contributed by atoms with Crippen molar-refractivity contribution < 1.29 is 4.79 Å². The van der Waals surface area contributed by atoms with E-state index >= 15 is 0 Å². The van der Waals surface area contributed by atoms with Crippen LogP contribution in [0.2, 0.25) is 0 Å². The highest BCUT2D eigenvalue weighted by Gasteiger charge is 2.26. The Morgan fingerprint density at radius 2 is 1.92 bits per heavy atom. The zero-order valence-corrected chi connectivity index (χ0v) is 15.4. The highest BCUT2D eigenvalue weighted by atomic mass is 16.1. The van der Waals surface area contributed by atoms with Crippen LogP contribution in [0, 0.1) is 5.92 Å². The molecule has 2 aliphatic rings. The lowest BCUT2D eigenvalue weighted by Gasteiger charge is -2.39. The van der Waals surface area contributed by atoms with E-state index in [0.717, 1.165) is 58.4 Å². The molecule has 138 valence electrons. The fourth-order valence-electron chi connectivity index (χ4n) is 4.05. The minimum absolute atomic E-state index is 0.117. The zero-order chi connectivity index (χ0) is 17.6. The number of rotatable bonds is 5. The van der Waals surface area contributed by atoms with Gasteiger partial charge in [0.15, 0.2) is 0 Å². The molecule has 1 amide bonds. The van der Waals surface area contributed by atoms with Gasteiger partial charge in [-0.25, -0.2) is 0 Å². The summed E-state index contributed by atoms with van der Waals surface area (Å²) in [5, 5.41) is 3.16. The van der Waals surface area contributed by atoms with Crippen LogP contribution in [0.1, 0.15) is 32.6 Å². The molecular weight excluding hydrogens is 312 g/mol. The SMILES string of the molecule is CC(CNC(=O)C1CCCC(N)C1)N1CCN(c2ccccc2)CC1. The zero-order valence-electron chi connectivity index (χ0n) is 15.4. The van der Waals surface area contributed by atoms with Gasteiger partial charge in [-0.15, -0.1) is 0 Å². The third-order valence-electron chi connectivity index (χ3n) is 5.72. The largest absolute Gasteiger partial charge is 0.369 e. The fraction of sp³-hybridized carbons (Fsp3) is 0.650. The van der Waals surface area contributed by atoms with Gasteiger partial charge in [-0.1, -0.05) is 24.6 Å². The molecule has 2 fully saturated rings. The second kappa shape index (κ2) is 8.68. The quantitative estimate of drug-likeness (QED) is 0.855. The summed E-state index contributed by atoms with van der Waals surface area (Å²) >= 11 is 0. The van der Waals surface area contributed by atoms with Gasteiger partial charge in [0, 0.05) is 56.4 Å². The second-order valence-electron chi connectivity index (χ2n) is 7.58. The van der Waals surface area contributed by atoms with Crippen LogP contribution < -0.4 is 16.0 Å². The molecule has 3 N–H and O–H groups in total. The Hall–Kier alpha value is -1.59. The summed E-state index contributed by atoms with van der Waals surface area (Å²) in [7, 11) is 0. The number of benzene rings is 1.